The van der Waals surface area contributed by atoms with Crippen molar-refractivity contribution >= 4 is 40.1 Å². The Balaban J connectivity index is 1.63. The molecule has 2 amide bonds. The van der Waals surface area contributed by atoms with E-state index in [1.54, 1.807) is 73.8 Å². The standard InChI is InChI=1S/C33H34N4O8/c1-4-44-29(38)18-26-20-6-5-7-22(14-20)36-33(41)45-13-11-24-27(42-2)15-21(16-28(24)43-3)30(32(40)37-26)35-23-9-8-19-10-12-34-31(39)25(19)17-23/h5-10,12,14-17,26,30,35H,4,11,13,18H2,1-3H3,(H,34,39)(H,36,41)(H,37,40)/t26-,30-/m1/s1. The average Bonchev–Trinajstić information content (AvgIpc) is 3.03. The number of H-pyrrole nitrogens is 1. The molecule has 4 aromatic rings. The van der Waals surface area contributed by atoms with Crippen LogP contribution < -0.4 is 31.0 Å². The molecule has 0 saturated carbocycles. The number of esters is 1. The maximum atomic E-state index is 14.3. The Morgan fingerprint density at radius 2 is 1.76 bits per heavy atom. The molecule has 3 aromatic carbocycles. The van der Waals surface area contributed by atoms with Gasteiger partial charge in [0.05, 0.1) is 39.9 Å². The molecule has 1 aromatic heterocycles. The minimum atomic E-state index is -1.03. The van der Waals surface area contributed by atoms with Crippen LogP contribution in [0.15, 0.2) is 71.7 Å². The van der Waals surface area contributed by atoms with E-state index in [-0.39, 0.29) is 31.6 Å². The predicted octanol–water partition coefficient (Wildman–Crippen LogP) is 4.61. The Kier molecular flexibility index (Phi) is 9.51. The zero-order valence-electron chi connectivity index (χ0n) is 25.1. The molecule has 2 aliphatic heterocycles. The van der Waals surface area contributed by atoms with E-state index in [2.05, 4.69) is 20.9 Å². The number of amides is 2. The summed E-state index contributed by atoms with van der Waals surface area (Å²) >= 11 is 0. The first-order chi connectivity index (χ1) is 21.8. The molecule has 0 aliphatic carbocycles. The first kappa shape index (κ1) is 30.9. The molecule has 45 heavy (non-hydrogen) atoms. The van der Waals surface area contributed by atoms with Crippen molar-refractivity contribution in [3.63, 3.8) is 0 Å². The molecule has 6 rings (SSSR count). The number of carbonyl (C=O) groups excluding carboxylic acids is 3. The van der Waals surface area contributed by atoms with Crippen LogP contribution >= 0.6 is 0 Å². The van der Waals surface area contributed by atoms with Crippen LogP contribution in [0.4, 0.5) is 16.2 Å². The van der Waals surface area contributed by atoms with Gasteiger partial charge >= 0.3 is 12.1 Å². The summed E-state index contributed by atoms with van der Waals surface area (Å²) in [6.45, 7) is 1.89. The summed E-state index contributed by atoms with van der Waals surface area (Å²) in [5.74, 6) is -0.152. The lowest BCUT2D eigenvalue weighted by atomic mass is 9.98. The molecule has 0 saturated heterocycles. The lowest BCUT2D eigenvalue weighted by Crippen LogP contribution is -2.37. The van der Waals surface area contributed by atoms with Crippen molar-refractivity contribution in [3.05, 3.63) is 93.9 Å². The highest BCUT2D eigenvalue weighted by molar-refractivity contribution is 5.90. The summed E-state index contributed by atoms with van der Waals surface area (Å²) in [5.41, 5.74) is 2.35. The number of anilines is 2. The Bertz CT molecular complexity index is 1760. The monoisotopic (exact) mass is 614 g/mol. The van der Waals surface area contributed by atoms with Crippen molar-refractivity contribution < 1.29 is 33.3 Å². The summed E-state index contributed by atoms with van der Waals surface area (Å²) in [7, 11) is 2.99. The van der Waals surface area contributed by atoms with E-state index in [0.717, 1.165) is 5.39 Å². The highest BCUT2D eigenvalue weighted by atomic mass is 16.5. The van der Waals surface area contributed by atoms with Gasteiger partial charge in [-0.2, -0.15) is 0 Å². The molecule has 2 atom stereocenters. The number of fused-ring (bicyclic) bond motifs is 10. The first-order valence-electron chi connectivity index (χ1n) is 14.4. The van der Waals surface area contributed by atoms with Crippen LogP contribution in [0.5, 0.6) is 11.5 Å². The zero-order chi connectivity index (χ0) is 31.9. The number of hydrogen-bond donors (Lipinski definition) is 4. The first-order valence-corrected chi connectivity index (χ1v) is 14.4. The van der Waals surface area contributed by atoms with Gasteiger partial charge in [-0.05, 0) is 65.9 Å². The summed E-state index contributed by atoms with van der Waals surface area (Å²) in [5, 5.41) is 10.1. The predicted molar refractivity (Wildman–Crippen MR) is 168 cm³/mol. The Labute approximate surface area is 259 Å². The van der Waals surface area contributed by atoms with Gasteiger partial charge in [-0.25, -0.2) is 4.79 Å². The lowest BCUT2D eigenvalue weighted by Gasteiger charge is -2.26. The fourth-order valence-electron chi connectivity index (χ4n) is 5.28. The molecule has 0 unspecified atom stereocenters. The molecule has 3 heterocycles. The van der Waals surface area contributed by atoms with Crippen molar-refractivity contribution in [3.8, 4) is 11.5 Å². The van der Waals surface area contributed by atoms with Crippen molar-refractivity contribution in [2.24, 2.45) is 0 Å². The molecular weight excluding hydrogens is 580 g/mol. The van der Waals surface area contributed by atoms with E-state index in [4.69, 9.17) is 18.9 Å². The van der Waals surface area contributed by atoms with Crippen LogP contribution in [0.3, 0.4) is 0 Å². The molecule has 0 fully saturated rings. The minimum Gasteiger partial charge on any atom is -0.496 e. The third kappa shape index (κ3) is 7.18. The molecule has 4 N–H and O–H groups in total. The van der Waals surface area contributed by atoms with E-state index in [1.165, 1.54) is 14.2 Å². The fraction of sp³-hybridized carbons (Fsp3) is 0.273. The number of methoxy groups -OCH3 is 2. The van der Waals surface area contributed by atoms with E-state index >= 15 is 0 Å². The van der Waals surface area contributed by atoms with Gasteiger partial charge in [0.2, 0.25) is 5.91 Å². The number of rotatable bonds is 7. The Hall–Kier alpha value is -5.52. The minimum absolute atomic E-state index is 0.0247. The molecule has 12 nitrogen and oxygen atoms in total. The second kappa shape index (κ2) is 13.8. The van der Waals surface area contributed by atoms with Crippen molar-refractivity contribution in [1.29, 1.82) is 0 Å². The van der Waals surface area contributed by atoms with Gasteiger partial charge in [0, 0.05) is 34.9 Å². The smallest absolute Gasteiger partial charge is 0.411 e. The third-order valence-electron chi connectivity index (χ3n) is 7.43. The van der Waals surface area contributed by atoms with E-state index in [9.17, 15) is 19.2 Å². The number of hydrogen-bond acceptors (Lipinski definition) is 9. The zero-order valence-corrected chi connectivity index (χ0v) is 25.1. The van der Waals surface area contributed by atoms with Crippen molar-refractivity contribution in [1.82, 2.24) is 10.3 Å². The fourth-order valence-corrected chi connectivity index (χ4v) is 5.28. The number of ether oxygens (including phenoxy) is 4. The number of aromatic amines is 1. The van der Waals surface area contributed by atoms with Crippen LogP contribution in [0.25, 0.3) is 10.8 Å². The van der Waals surface area contributed by atoms with Gasteiger partial charge in [-0.3, -0.25) is 19.7 Å². The normalized spacial score (nSPS) is 16.7. The summed E-state index contributed by atoms with van der Waals surface area (Å²) < 4.78 is 22.0. The van der Waals surface area contributed by atoms with Crippen molar-refractivity contribution in [2.45, 2.75) is 31.8 Å². The van der Waals surface area contributed by atoms with E-state index in [0.29, 0.717) is 45.0 Å². The molecule has 4 bridgehead atoms. The van der Waals surface area contributed by atoms with Crippen LogP contribution in [0, 0.1) is 0 Å². The van der Waals surface area contributed by atoms with Crippen LogP contribution in [0.2, 0.25) is 0 Å². The van der Waals surface area contributed by atoms with Crippen LogP contribution in [-0.2, 0) is 25.5 Å². The maximum absolute atomic E-state index is 14.3. The SMILES string of the molecule is CCOC(=O)C[C@H]1NC(=O)[C@H](Nc2ccc3cc[nH]c(=O)c3c2)c2cc(OC)c(c(OC)c2)CCOC(=O)Nc2cccc1c2. The van der Waals surface area contributed by atoms with Gasteiger partial charge in [-0.15, -0.1) is 0 Å². The average molecular weight is 615 g/mol. The largest absolute Gasteiger partial charge is 0.496 e. The Morgan fingerprint density at radius 1 is 0.978 bits per heavy atom. The second-order valence-corrected chi connectivity index (χ2v) is 10.3. The van der Waals surface area contributed by atoms with Gasteiger partial charge < -0.3 is 34.6 Å². The molecule has 12 heteroatoms. The van der Waals surface area contributed by atoms with E-state index in [1.807, 2.05) is 0 Å². The van der Waals surface area contributed by atoms with Crippen molar-refractivity contribution in [2.75, 3.05) is 38.1 Å². The molecule has 0 radical (unpaired) electrons. The third-order valence-corrected chi connectivity index (χ3v) is 7.43. The molecule has 234 valence electrons. The van der Waals surface area contributed by atoms with Gasteiger partial charge in [-0.1, -0.05) is 18.2 Å². The number of pyridine rings is 1. The van der Waals surface area contributed by atoms with Gasteiger partial charge in [0.25, 0.3) is 5.56 Å². The molecule has 0 spiro atoms. The molecule has 2 aliphatic rings. The quantitative estimate of drug-likeness (QED) is 0.218. The number of benzene rings is 3. The highest BCUT2D eigenvalue weighted by Gasteiger charge is 2.29. The van der Waals surface area contributed by atoms with Crippen LogP contribution in [-0.4, -0.2) is 50.4 Å². The highest BCUT2D eigenvalue weighted by Crippen LogP contribution is 2.35. The number of aromatic nitrogens is 1. The second-order valence-electron chi connectivity index (χ2n) is 10.3. The summed E-state index contributed by atoms with van der Waals surface area (Å²) in [4.78, 5) is 54.7. The van der Waals surface area contributed by atoms with Gasteiger partial charge in [0.15, 0.2) is 0 Å². The van der Waals surface area contributed by atoms with E-state index < -0.39 is 30.1 Å². The van der Waals surface area contributed by atoms with Crippen LogP contribution in [0.1, 0.15) is 42.1 Å². The topological polar surface area (TPSA) is 157 Å². The van der Waals surface area contributed by atoms with Gasteiger partial charge in [0.1, 0.15) is 17.5 Å². The number of nitrogens with one attached hydrogen (secondary N) is 4. The lowest BCUT2D eigenvalue weighted by molar-refractivity contribution is -0.143. The Morgan fingerprint density at radius 3 is 2.49 bits per heavy atom. The summed E-state index contributed by atoms with van der Waals surface area (Å²) in [6, 6.07) is 15.3. The molecular formula is C33H34N4O8. The maximum Gasteiger partial charge on any atom is 0.411 e. The summed E-state index contributed by atoms with van der Waals surface area (Å²) in [6.07, 6.45) is 1.01. The number of carbonyl (C=O) groups is 3.